The van der Waals surface area contributed by atoms with Crippen LogP contribution in [0.3, 0.4) is 0 Å². The van der Waals surface area contributed by atoms with Crippen LogP contribution in [0.5, 0.6) is 17.2 Å². The van der Waals surface area contributed by atoms with E-state index >= 15 is 0 Å². The lowest BCUT2D eigenvalue weighted by Gasteiger charge is -2.06. The third kappa shape index (κ3) is 3.68. The lowest BCUT2D eigenvalue weighted by atomic mass is 10.2. The summed E-state index contributed by atoms with van der Waals surface area (Å²) in [5.41, 5.74) is 1.39. The molecule has 0 fully saturated rings. The van der Waals surface area contributed by atoms with Gasteiger partial charge in [-0.15, -0.1) is 10.2 Å². The van der Waals surface area contributed by atoms with Crippen LogP contribution in [-0.2, 0) is 11.8 Å². The van der Waals surface area contributed by atoms with Crippen LogP contribution in [0.15, 0.2) is 47.6 Å². The van der Waals surface area contributed by atoms with E-state index in [-0.39, 0.29) is 24.2 Å². The number of ether oxygens (including phenoxy) is 2. The Morgan fingerprint density at radius 2 is 2.07 bits per heavy atom. The molecule has 27 heavy (non-hydrogen) atoms. The van der Waals surface area contributed by atoms with E-state index in [9.17, 15) is 9.90 Å². The molecule has 9 heteroatoms. The second kappa shape index (κ2) is 7.20. The quantitative estimate of drug-likeness (QED) is 0.653. The number of phenols is 1. The number of nitrogens with zero attached hydrogens (tertiary/aromatic N) is 3. The molecule has 0 unspecified atom stereocenters. The molecule has 0 saturated carbocycles. The van der Waals surface area contributed by atoms with Crippen molar-refractivity contribution in [3.8, 4) is 28.6 Å². The van der Waals surface area contributed by atoms with Gasteiger partial charge in [0.1, 0.15) is 5.75 Å². The van der Waals surface area contributed by atoms with Crippen LogP contribution in [0.1, 0.15) is 0 Å². The predicted octanol–water partition coefficient (Wildman–Crippen LogP) is 2.65. The van der Waals surface area contributed by atoms with Crippen molar-refractivity contribution in [3.63, 3.8) is 0 Å². The van der Waals surface area contributed by atoms with Crippen molar-refractivity contribution in [1.82, 2.24) is 14.8 Å². The number of phenolic OH excluding ortho intramolecular Hbond substituents is 1. The van der Waals surface area contributed by atoms with E-state index < -0.39 is 0 Å². The molecule has 0 bridgehead atoms. The van der Waals surface area contributed by atoms with Gasteiger partial charge in [0.05, 0.1) is 5.75 Å². The van der Waals surface area contributed by atoms with Gasteiger partial charge in [-0.1, -0.05) is 17.8 Å². The molecule has 1 amide bonds. The number of amides is 1. The number of aromatic nitrogens is 3. The molecule has 0 aliphatic carbocycles. The number of carbonyl (C=O) groups excluding carboxylic acids is 1. The molecule has 0 spiro atoms. The molecule has 2 heterocycles. The molecular formula is C18H16N4O4S. The molecule has 1 aliphatic rings. The van der Waals surface area contributed by atoms with Gasteiger partial charge in [0.2, 0.25) is 12.7 Å². The van der Waals surface area contributed by atoms with E-state index in [0.717, 1.165) is 5.56 Å². The summed E-state index contributed by atoms with van der Waals surface area (Å²) in [6, 6.07) is 12.0. The Bertz CT molecular complexity index is 1000. The SMILES string of the molecule is Cn1c(SCC(=O)Nc2cccc(O)c2)nnc1-c1ccc2c(c1)OCO2. The van der Waals surface area contributed by atoms with Crippen LogP contribution in [0.2, 0.25) is 0 Å². The lowest BCUT2D eigenvalue weighted by molar-refractivity contribution is -0.113. The standard InChI is InChI=1S/C18H16N4O4S/c1-22-17(11-5-6-14-15(7-11)26-10-25-14)20-21-18(22)27-9-16(24)19-12-3-2-4-13(23)8-12/h2-8,23H,9-10H2,1H3,(H,19,24). The maximum Gasteiger partial charge on any atom is 0.234 e. The zero-order valence-corrected chi connectivity index (χ0v) is 15.2. The third-order valence-electron chi connectivity index (χ3n) is 3.93. The van der Waals surface area contributed by atoms with E-state index in [1.54, 1.807) is 18.2 Å². The maximum atomic E-state index is 12.1. The van der Waals surface area contributed by atoms with Gasteiger partial charge in [0.25, 0.3) is 0 Å². The Labute approximate surface area is 159 Å². The molecule has 8 nitrogen and oxygen atoms in total. The topological polar surface area (TPSA) is 98.5 Å². The monoisotopic (exact) mass is 384 g/mol. The first-order chi connectivity index (χ1) is 13.1. The highest BCUT2D eigenvalue weighted by Gasteiger charge is 2.18. The van der Waals surface area contributed by atoms with Crippen molar-refractivity contribution in [2.45, 2.75) is 5.16 Å². The van der Waals surface area contributed by atoms with E-state index in [1.165, 1.54) is 17.8 Å². The van der Waals surface area contributed by atoms with Crippen LogP contribution in [0.4, 0.5) is 5.69 Å². The van der Waals surface area contributed by atoms with E-state index in [2.05, 4.69) is 15.5 Å². The Kier molecular flexibility index (Phi) is 4.59. The van der Waals surface area contributed by atoms with Crippen LogP contribution < -0.4 is 14.8 Å². The smallest absolute Gasteiger partial charge is 0.234 e. The van der Waals surface area contributed by atoms with Crippen molar-refractivity contribution in [3.05, 3.63) is 42.5 Å². The van der Waals surface area contributed by atoms with Crippen molar-refractivity contribution in [2.24, 2.45) is 7.05 Å². The fraction of sp³-hybridized carbons (Fsp3) is 0.167. The van der Waals surface area contributed by atoms with E-state index in [1.807, 2.05) is 29.8 Å². The largest absolute Gasteiger partial charge is 0.508 e. The molecule has 2 aromatic carbocycles. The molecule has 3 aromatic rings. The second-order valence-electron chi connectivity index (χ2n) is 5.82. The van der Waals surface area contributed by atoms with Crippen LogP contribution in [0.25, 0.3) is 11.4 Å². The molecule has 0 saturated heterocycles. The summed E-state index contributed by atoms with van der Waals surface area (Å²) in [6.45, 7) is 0.215. The highest BCUT2D eigenvalue weighted by molar-refractivity contribution is 7.99. The number of hydrogen-bond acceptors (Lipinski definition) is 7. The fourth-order valence-corrected chi connectivity index (χ4v) is 3.35. The van der Waals surface area contributed by atoms with Crippen molar-refractivity contribution in [2.75, 3.05) is 17.9 Å². The summed E-state index contributed by atoms with van der Waals surface area (Å²) < 4.78 is 12.5. The predicted molar refractivity (Wildman–Crippen MR) is 100 cm³/mol. The summed E-state index contributed by atoms with van der Waals surface area (Å²) in [4.78, 5) is 12.1. The van der Waals surface area contributed by atoms with Crippen molar-refractivity contribution < 1.29 is 19.4 Å². The summed E-state index contributed by atoms with van der Waals surface area (Å²) in [5, 5.41) is 21.2. The minimum Gasteiger partial charge on any atom is -0.508 e. The molecule has 4 rings (SSSR count). The van der Waals surface area contributed by atoms with Gasteiger partial charge in [0.15, 0.2) is 22.5 Å². The Hall–Kier alpha value is -3.20. The van der Waals surface area contributed by atoms with Crippen LogP contribution in [-0.4, -0.2) is 38.3 Å². The molecule has 1 aliphatic heterocycles. The first-order valence-corrected chi connectivity index (χ1v) is 9.10. The van der Waals surface area contributed by atoms with Crippen molar-refractivity contribution in [1.29, 1.82) is 0 Å². The molecule has 138 valence electrons. The summed E-state index contributed by atoms with van der Waals surface area (Å²) in [6.07, 6.45) is 0. The van der Waals surface area contributed by atoms with Crippen LogP contribution in [0, 0.1) is 0 Å². The number of nitrogens with one attached hydrogen (secondary N) is 1. The van der Waals surface area contributed by atoms with Gasteiger partial charge in [-0.05, 0) is 30.3 Å². The number of benzene rings is 2. The molecular weight excluding hydrogens is 368 g/mol. The van der Waals surface area contributed by atoms with E-state index in [4.69, 9.17) is 9.47 Å². The fourth-order valence-electron chi connectivity index (χ4n) is 2.64. The van der Waals surface area contributed by atoms with Gasteiger partial charge >= 0.3 is 0 Å². The number of aromatic hydroxyl groups is 1. The Balaban J connectivity index is 1.42. The number of thioether (sulfide) groups is 1. The highest BCUT2D eigenvalue weighted by Crippen LogP contribution is 2.35. The van der Waals surface area contributed by atoms with Gasteiger partial charge in [-0.2, -0.15) is 0 Å². The minimum atomic E-state index is -0.196. The zero-order valence-electron chi connectivity index (χ0n) is 14.4. The highest BCUT2D eigenvalue weighted by atomic mass is 32.2. The summed E-state index contributed by atoms with van der Waals surface area (Å²) >= 11 is 1.28. The summed E-state index contributed by atoms with van der Waals surface area (Å²) in [5.74, 6) is 2.13. The number of hydrogen-bond donors (Lipinski definition) is 2. The van der Waals surface area contributed by atoms with E-state index in [0.29, 0.717) is 28.2 Å². The van der Waals surface area contributed by atoms with Gasteiger partial charge < -0.3 is 24.5 Å². The van der Waals surface area contributed by atoms with Crippen LogP contribution >= 0.6 is 11.8 Å². The molecule has 2 N–H and O–H groups in total. The normalized spacial score (nSPS) is 12.2. The van der Waals surface area contributed by atoms with Gasteiger partial charge in [0, 0.05) is 24.4 Å². The Morgan fingerprint density at radius 3 is 2.93 bits per heavy atom. The first kappa shape index (κ1) is 17.2. The number of rotatable bonds is 5. The maximum absolute atomic E-state index is 12.1. The molecule has 0 atom stereocenters. The molecule has 1 aromatic heterocycles. The average molecular weight is 384 g/mol. The third-order valence-corrected chi connectivity index (χ3v) is 4.95. The second-order valence-corrected chi connectivity index (χ2v) is 6.76. The number of anilines is 1. The number of carbonyl (C=O) groups is 1. The van der Waals surface area contributed by atoms with Gasteiger partial charge in [-0.25, -0.2) is 0 Å². The molecule has 0 radical (unpaired) electrons. The average Bonchev–Trinajstić information content (AvgIpc) is 3.25. The van der Waals surface area contributed by atoms with Gasteiger partial charge in [-0.3, -0.25) is 4.79 Å². The first-order valence-electron chi connectivity index (χ1n) is 8.11. The minimum absolute atomic E-state index is 0.0992. The zero-order chi connectivity index (χ0) is 18.8. The van der Waals surface area contributed by atoms with Crippen molar-refractivity contribution >= 4 is 23.4 Å². The number of fused-ring (bicyclic) bond motifs is 1. The summed E-state index contributed by atoms with van der Waals surface area (Å²) in [7, 11) is 1.84. The lowest BCUT2D eigenvalue weighted by Crippen LogP contribution is -2.14. The Morgan fingerprint density at radius 1 is 1.22 bits per heavy atom.